The van der Waals surface area contributed by atoms with E-state index >= 15 is 0 Å². The summed E-state index contributed by atoms with van der Waals surface area (Å²) >= 11 is 5.66. The predicted octanol–water partition coefficient (Wildman–Crippen LogP) is 1.55. The predicted molar refractivity (Wildman–Crippen MR) is 54.2 cm³/mol. The van der Waals surface area contributed by atoms with E-state index in [0.717, 1.165) is 12.2 Å². The minimum absolute atomic E-state index is 0.149. The number of aliphatic hydroxyl groups is 1. The number of rotatable bonds is 4. The monoisotopic (exact) mass is 200 g/mol. The summed E-state index contributed by atoms with van der Waals surface area (Å²) in [6, 6.07) is 3.64. The van der Waals surface area contributed by atoms with Crippen molar-refractivity contribution >= 4 is 17.3 Å². The maximum absolute atomic E-state index is 8.80. The van der Waals surface area contributed by atoms with Gasteiger partial charge in [-0.2, -0.15) is 0 Å². The van der Waals surface area contributed by atoms with Crippen LogP contribution < -0.4 is 4.90 Å². The van der Waals surface area contributed by atoms with Crippen molar-refractivity contribution in [3.05, 3.63) is 23.5 Å². The van der Waals surface area contributed by atoms with Crippen LogP contribution in [0.2, 0.25) is 5.15 Å². The molecule has 0 unspecified atom stereocenters. The van der Waals surface area contributed by atoms with Crippen molar-refractivity contribution in [1.82, 2.24) is 4.98 Å². The van der Waals surface area contributed by atoms with Gasteiger partial charge in [-0.25, -0.2) is 4.98 Å². The highest BCUT2D eigenvalue weighted by Gasteiger charge is 2.02. The Morgan fingerprint density at radius 1 is 1.54 bits per heavy atom. The molecule has 0 aromatic carbocycles. The SMILES string of the molecule is CCN(CCO)c1ccc(Cl)nc1. The molecule has 3 nitrogen and oxygen atoms in total. The summed E-state index contributed by atoms with van der Waals surface area (Å²) in [5.74, 6) is 0. The molecule has 0 bridgehead atoms. The van der Waals surface area contributed by atoms with E-state index in [1.807, 2.05) is 17.9 Å². The van der Waals surface area contributed by atoms with Gasteiger partial charge in [0, 0.05) is 13.1 Å². The van der Waals surface area contributed by atoms with Crippen LogP contribution in [0.3, 0.4) is 0 Å². The van der Waals surface area contributed by atoms with Crippen molar-refractivity contribution in [3.8, 4) is 0 Å². The lowest BCUT2D eigenvalue weighted by Gasteiger charge is -2.21. The summed E-state index contributed by atoms with van der Waals surface area (Å²) < 4.78 is 0. The molecule has 72 valence electrons. The van der Waals surface area contributed by atoms with E-state index in [1.54, 1.807) is 12.3 Å². The second-order valence-corrected chi connectivity index (χ2v) is 3.03. The normalized spacial score (nSPS) is 10.1. The molecule has 0 atom stereocenters. The first kappa shape index (κ1) is 10.3. The van der Waals surface area contributed by atoms with Crippen molar-refractivity contribution in [1.29, 1.82) is 0 Å². The number of halogens is 1. The van der Waals surface area contributed by atoms with Crippen LogP contribution in [0, 0.1) is 0 Å². The number of aliphatic hydroxyl groups excluding tert-OH is 1. The van der Waals surface area contributed by atoms with Gasteiger partial charge in [0.1, 0.15) is 5.15 Å². The Morgan fingerprint density at radius 2 is 2.31 bits per heavy atom. The molecule has 0 fully saturated rings. The number of hydrogen-bond acceptors (Lipinski definition) is 3. The molecule has 4 heteroatoms. The Hall–Kier alpha value is -0.800. The molecular formula is C9H13ClN2O. The number of pyridine rings is 1. The highest BCUT2D eigenvalue weighted by Crippen LogP contribution is 2.14. The van der Waals surface area contributed by atoms with Crippen LogP contribution >= 0.6 is 11.6 Å². The van der Waals surface area contributed by atoms with Crippen LogP contribution in [-0.2, 0) is 0 Å². The molecule has 0 aliphatic rings. The van der Waals surface area contributed by atoms with Crippen LogP contribution in [0.15, 0.2) is 18.3 Å². The highest BCUT2D eigenvalue weighted by atomic mass is 35.5. The smallest absolute Gasteiger partial charge is 0.129 e. The van der Waals surface area contributed by atoms with E-state index in [1.165, 1.54) is 0 Å². The zero-order chi connectivity index (χ0) is 9.68. The van der Waals surface area contributed by atoms with Crippen molar-refractivity contribution in [2.24, 2.45) is 0 Å². The zero-order valence-corrected chi connectivity index (χ0v) is 8.33. The molecule has 0 aliphatic heterocycles. The molecule has 0 aliphatic carbocycles. The highest BCUT2D eigenvalue weighted by molar-refractivity contribution is 6.29. The van der Waals surface area contributed by atoms with Crippen LogP contribution in [0.25, 0.3) is 0 Å². The third kappa shape index (κ3) is 2.86. The van der Waals surface area contributed by atoms with Gasteiger partial charge in [0.25, 0.3) is 0 Å². The topological polar surface area (TPSA) is 36.4 Å². The van der Waals surface area contributed by atoms with Crippen LogP contribution in [0.4, 0.5) is 5.69 Å². The van der Waals surface area contributed by atoms with Gasteiger partial charge in [-0.1, -0.05) is 11.6 Å². The van der Waals surface area contributed by atoms with Crippen LogP contribution in [0.5, 0.6) is 0 Å². The summed E-state index contributed by atoms with van der Waals surface area (Å²) in [5, 5.41) is 9.29. The maximum atomic E-state index is 8.80. The van der Waals surface area contributed by atoms with E-state index in [-0.39, 0.29) is 6.61 Å². The van der Waals surface area contributed by atoms with Crippen LogP contribution in [0.1, 0.15) is 6.92 Å². The second-order valence-electron chi connectivity index (χ2n) is 2.64. The molecule has 0 saturated heterocycles. The quantitative estimate of drug-likeness (QED) is 0.750. The fourth-order valence-electron chi connectivity index (χ4n) is 1.15. The Bertz CT molecular complexity index is 250. The molecule has 0 spiro atoms. The van der Waals surface area contributed by atoms with Gasteiger partial charge in [0.05, 0.1) is 18.5 Å². The summed E-state index contributed by atoms with van der Waals surface area (Å²) in [6.07, 6.45) is 1.71. The average molecular weight is 201 g/mol. The molecule has 13 heavy (non-hydrogen) atoms. The second kappa shape index (κ2) is 5.04. The average Bonchev–Trinajstić information content (AvgIpc) is 2.16. The molecule has 1 rings (SSSR count). The summed E-state index contributed by atoms with van der Waals surface area (Å²) in [6.45, 7) is 3.66. The largest absolute Gasteiger partial charge is 0.395 e. The number of aromatic nitrogens is 1. The lowest BCUT2D eigenvalue weighted by atomic mass is 10.3. The first-order valence-electron chi connectivity index (χ1n) is 4.25. The van der Waals surface area contributed by atoms with Crippen molar-refractivity contribution < 1.29 is 5.11 Å². The van der Waals surface area contributed by atoms with Gasteiger partial charge >= 0.3 is 0 Å². The first-order valence-corrected chi connectivity index (χ1v) is 4.63. The minimum atomic E-state index is 0.149. The molecule has 0 amide bonds. The van der Waals surface area contributed by atoms with Crippen molar-refractivity contribution in [3.63, 3.8) is 0 Å². The number of likely N-dealkylation sites (N-methyl/N-ethyl adjacent to an activating group) is 1. The Kier molecular flexibility index (Phi) is 3.99. The molecular weight excluding hydrogens is 188 g/mol. The van der Waals surface area contributed by atoms with Gasteiger partial charge in [-0.05, 0) is 19.1 Å². The Morgan fingerprint density at radius 3 is 2.77 bits per heavy atom. The van der Waals surface area contributed by atoms with E-state index in [0.29, 0.717) is 11.7 Å². The van der Waals surface area contributed by atoms with E-state index < -0.39 is 0 Å². The molecule has 1 aromatic heterocycles. The van der Waals surface area contributed by atoms with Gasteiger partial charge < -0.3 is 10.0 Å². The molecule has 1 aromatic rings. The van der Waals surface area contributed by atoms with Gasteiger partial charge in [-0.15, -0.1) is 0 Å². The Labute approximate surface area is 83.0 Å². The molecule has 1 heterocycles. The standard InChI is InChI=1S/C9H13ClN2O/c1-2-12(5-6-13)8-3-4-9(10)11-7-8/h3-4,7,13H,2,5-6H2,1H3. The lowest BCUT2D eigenvalue weighted by molar-refractivity contribution is 0.302. The van der Waals surface area contributed by atoms with Gasteiger partial charge in [0.2, 0.25) is 0 Å². The van der Waals surface area contributed by atoms with Gasteiger partial charge in [0.15, 0.2) is 0 Å². The minimum Gasteiger partial charge on any atom is -0.395 e. The maximum Gasteiger partial charge on any atom is 0.129 e. The summed E-state index contributed by atoms with van der Waals surface area (Å²) in [4.78, 5) is 6.00. The number of nitrogens with zero attached hydrogens (tertiary/aromatic N) is 2. The molecule has 0 radical (unpaired) electrons. The van der Waals surface area contributed by atoms with E-state index in [9.17, 15) is 0 Å². The number of anilines is 1. The van der Waals surface area contributed by atoms with Crippen molar-refractivity contribution in [2.45, 2.75) is 6.92 Å². The Balaban J connectivity index is 2.73. The van der Waals surface area contributed by atoms with Crippen LogP contribution in [-0.4, -0.2) is 29.8 Å². The zero-order valence-electron chi connectivity index (χ0n) is 7.57. The lowest BCUT2D eigenvalue weighted by Crippen LogP contribution is -2.26. The summed E-state index contributed by atoms with van der Waals surface area (Å²) in [5.41, 5.74) is 0.987. The van der Waals surface area contributed by atoms with E-state index in [4.69, 9.17) is 16.7 Å². The molecule has 0 saturated carbocycles. The molecule has 1 N–H and O–H groups in total. The van der Waals surface area contributed by atoms with Crippen molar-refractivity contribution in [2.75, 3.05) is 24.6 Å². The van der Waals surface area contributed by atoms with E-state index in [2.05, 4.69) is 4.98 Å². The first-order chi connectivity index (χ1) is 6.27. The third-order valence-electron chi connectivity index (χ3n) is 1.83. The summed E-state index contributed by atoms with van der Waals surface area (Å²) in [7, 11) is 0. The number of hydrogen-bond donors (Lipinski definition) is 1. The fraction of sp³-hybridized carbons (Fsp3) is 0.444. The van der Waals surface area contributed by atoms with Gasteiger partial charge in [-0.3, -0.25) is 0 Å². The third-order valence-corrected chi connectivity index (χ3v) is 2.05. The fourth-order valence-corrected chi connectivity index (χ4v) is 1.26.